The van der Waals surface area contributed by atoms with Crippen LogP contribution in [0.3, 0.4) is 0 Å². The van der Waals surface area contributed by atoms with Gasteiger partial charge in [-0.3, -0.25) is 4.98 Å². The maximum absolute atomic E-state index is 4.26. The van der Waals surface area contributed by atoms with E-state index in [0.29, 0.717) is 0 Å². The molecule has 0 aliphatic rings. The molecule has 0 spiro atoms. The fourth-order valence-electron chi connectivity index (χ4n) is 1.41. The first-order valence-corrected chi connectivity index (χ1v) is 6.57. The van der Waals surface area contributed by atoms with Crippen LogP contribution in [0.5, 0.6) is 0 Å². The highest BCUT2D eigenvalue weighted by atomic mass is 32.1. The summed E-state index contributed by atoms with van der Waals surface area (Å²) in [6.07, 6.45) is 4.79. The van der Waals surface area contributed by atoms with Crippen molar-refractivity contribution in [3.8, 4) is 0 Å². The van der Waals surface area contributed by atoms with Gasteiger partial charge in [-0.05, 0) is 12.5 Å². The third kappa shape index (κ3) is 3.71. The Kier molecular flexibility index (Phi) is 4.32. The zero-order chi connectivity index (χ0) is 11.9. The van der Waals surface area contributed by atoms with Gasteiger partial charge in [-0.25, -0.2) is 4.98 Å². The summed E-state index contributed by atoms with van der Waals surface area (Å²) in [7, 11) is 0. The molecule has 0 aliphatic heterocycles. The summed E-state index contributed by atoms with van der Waals surface area (Å²) in [5.74, 6) is 0.918. The van der Waals surface area contributed by atoms with Crippen LogP contribution in [-0.2, 0) is 6.54 Å². The molecule has 4 nitrogen and oxygen atoms in total. The number of aromatic nitrogens is 2. The lowest BCUT2D eigenvalue weighted by Gasteiger charge is -2.07. The second-order valence-corrected chi connectivity index (χ2v) is 4.65. The molecule has 0 aromatic carbocycles. The van der Waals surface area contributed by atoms with Crippen molar-refractivity contribution in [2.75, 3.05) is 17.2 Å². The van der Waals surface area contributed by atoms with Crippen molar-refractivity contribution in [3.05, 3.63) is 34.9 Å². The van der Waals surface area contributed by atoms with Gasteiger partial charge in [0, 0.05) is 35.6 Å². The lowest BCUT2D eigenvalue weighted by atomic mass is 10.3. The normalized spacial score (nSPS) is 10.2. The van der Waals surface area contributed by atoms with E-state index in [9.17, 15) is 0 Å². The second kappa shape index (κ2) is 6.20. The van der Waals surface area contributed by atoms with Crippen LogP contribution < -0.4 is 10.6 Å². The molecular weight excluding hydrogens is 232 g/mol. The molecule has 0 unspecified atom stereocenters. The largest absolute Gasteiger partial charge is 0.380 e. The Morgan fingerprint density at radius 3 is 3.06 bits per heavy atom. The fourth-order valence-corrected chi connectivity index (χ4v) is 1.94. The Labute approximate surface area is 105 Å². The third-order valence-electron chi connectivity index (χ3n) is 2.27. The molecule has 0 radical (unpaired) electrons. The average Bonchev–Trinajstić information content (AvgIpc) is 2.87. The van der Waals surface area contributed by atoms with Gasteiger partial charge >= 0.3 is 0 Å². The maximum atomic E-state index is 4.26. The number of hydrogen-bond donors (Lipinski definition) is 2. The molecule has 2 aromatic rings. The number of nitrogens with one attached hydrogen (secondary N) is 2. The zero-order valence-corrected chi connectivity index (χ0v) is 10.6. The van der Waals surface area contributed by atoms with Gasteiger partial charge in [-0.15, -0.1) is 11.3 Å². The van der Waals surface area contributed by atoms with Crippen molar-refractivity contribution < 1.29 is 0 Å². The molecule has 90 valence electrons. The summed E-state index contributed by atoms with van der Waals surface area (Å²) in [6.45, 7) is 3.89. The Bertz CT molecular complexity index is 442. The van der Waals surface area contributed by atoms with E-state index < -0.39 is 0 Å². The van der Waals surface area contributed by atoms with E-state index in [1.165, 1.54) is 4.88 Å². The van der Waals surface area contributed by atoms with E-state index >= 15 is 0 Å². The number of pyridine rings is 1. The minimum absolute atomic E-state index is 0.807. The van der Waals surface area contributed by atoms with Gasteiger partial charge in [0.2, 0.25) is 0 Å². The second-order valence-electron chi connectivity index (χ2n) is 3.68. The lowest BCUT2D eigenvalue weighted by molar-refractivity contribution is 0.969. The van der Waals surface area contributed by atoms with E-state index in [4.69, 9.17) is 0 Å². The Hall–Kier alpha value is -1.62. The van der Waals surface area contributed by atoms with Crippen LogP contribution in [0.2, 0.25) is 0 Å². The average molecular weight is 248 g/mol. The van der Waals surface area contributed by atoms with Crippen LogP contribution in [0, 0.1) is 0 Å². The van der Waals surface area contributed by atoms with Crippen molar-refractivity contribution >= 4 is 22.8 Å². The monoisotopic (exact) mass is 248 g/mol. The van der Waals surface area contributed by atoms with Gasteiger partial charge in [-0.2, -0.15) is 0 Å². The van der Waals surface area contributed by atoms with Crippen molar-refractivity contribution in [1.82, 2.24) is 9.97 Å². The summed E-state index contributed by atoms with van der Waals surface area (Å²) < 4.78 is 0. The van der Waals surface area contributed by atoms with Gasteiger partial charge in [0.25, 0.3) is 0 Å². The first-order chi connectivity index (χ1) is 8.38. The van der Waals surface area contributed by atoms with Crippen LogP contribution in [0.25, 0.3) is 0 Å². The lowest BCUT2D eigenvalue weighted by Crippen LogP contribution is -2.03. The van der Waals surface area contributed by atoms with E-state index in [0.717, 1.165) is 31.0 Å². The van der Waals surface area contributed by atoms with Crippen LogP contribution in [0.15, 0.2) is 30.0 Å². The third-order valence-corrected chi connectivity index (χ3v) is 3.05. The fraction of sp³-hybridized carbons (Fsp3) is 0.333. The molecule has 0 bridgehead atoms. The zero-order valence-electron chi connectivity index (χ0n) is 9.81. The maximum Gasteiger partial charge on any atom is 0.127 e. The highest BCUT2D eigenvalue weighted by Gasteiger charge is 1.98. The quantitative estimate of drug-likeness (QED) is 0.825. The molecule has 0 amide bonds. The van der Waals surface area contributed by atoms with E-state index in [2.05, 4.69) is 27.5 Å². The molecule has 5 heteroatoms. The predicted molar refractivity (Wildman–Crippen MR) is 72.5 cm³/mol. The minimum atomic E-state index is 0.807. The molecule has 0 aliphatic carbocycles. The molecule has 2 heterocycles. The predicted octanol–water partition coefficient (Wildman–Crippen LogP) is 2.97. The van der Waals surface area contributed by atoms with Crippen LogP contribution >= 0.6 is 11.3 Å². The molecule has 0 fully saturated rings. The number of hydrogen-bond acceptors (Lipinski definition) is 5. The van der Waals surface area contributed by atoms with Crippen LogP contribution in [0.4, 0.5) is 11.5 Å². The van der Waals surface area contributed by atoms with Crippen molar-refractivity contribution in [2.45, 2.75) is 19.9 Å². The molecule has 0 saturated heterocycles. The number of thiazole rings is 1. The molecule has 2 N–H and O–H groups in total. The summed E-state index contributed by atoms with van der Waals surface area (Å²) in [6, 6.07) is 3.99. The molecule has 2 aromatic heterocycles. The van der Waals surface area contributed by atoms with Crippen molar-refractivity contribution in [1.29, 1.82) is 0 Å². The van der Waals surface area contributed by atoms with Gasteiger partial charge in [-0.1, -0.05) is 6.92 Å². The Morgan fingerprint density at radius 2 is 2.29 bits per heavy atom. The minimum Gasteiger partial charge on any atom is -0.380 e. The summed E-state index contributed by atoms with van der Waals surface area (Å²) in [5.41, 5.74) is 2.92. The van der Waals surface area contributed by atoms with E-state index in [-0.39, 0.29) is 0 Å². The first kappa shape index (κ1) is 11.9. The highest BCUT2D eigenvalue weighted by Crippen LogP contribution is 2.14. The van der Waals surface area contributed by atoms with Gasteiger partial charge in [0.1, 0.15) is 5.82 Å². The standard InChI is InChI=1S/C12H16N4S/c1-2-4-14-12-6-10(3-5-15-12)16-8-11-7-13-9-17-11/h3,5-7,9H,2,4,8H2,1H3,(H2,14,15,16). The van der Waals surface area contributed by atoms with Crippen LogP contribution in [-0.4, -0.2) is 16.5 Å². The van der Waals surface area contributed by atoms with Gasteiger partial charge in [0.15, 0.2) is 0 Å². The number of nitrogens with zero attached hydrogens (tertiary/aromatic N) is 2. The summed E-state index contributed by atoms with van der Waals surface area (Å²) in [4.78, 5) is 9.53. The summed E-state index contributed by atoms with van der Waals surface area (Å²) in [5, 5.41) is 6.62. The first-order valence-electron chi connectivity index (χ1n) is 5.69. The van der Waals surface area contributed by atoms with E-state index in [1.807, 2.05) is 30.0 Å². The van der Waals surface area contributed by atoms with Crippen LogP contribution in [0.1, 0.15) is 18.2 Å². The molecule has 17 heavy (non-hydrogen) atoms. The number of anilines is 2. The topological polar surface area (TPSA) is 49.8 Å². The van der Waals surface area contributed by atoms with E-state index in [1.54, 1.807) is 11.3 Å². The Balaban J connectivity index is 1.91. The molecule has 0 atom stereocenters. The SMILES string of the molecule is CCCNc1cc(NCc2cncs2)ccn1. The number of rotatable bonds is 6. The van der Waals surface area contributed by atoms with Gasteiger partial charge < -0.3 is 10.6 Å². The molecule has 2 rings (SSSR count). The molecular formula is C12H16N4S. The Morgan fingerprint density at radius 1 is 1.35 bits per heavy atom. The summed E-state index contributed by atoms with van der Waals surface area (Å²) >= 11 is 1.66. The smallest absolute Gasteiger partial charge is 0.127 e. The van der Waals surface area contributed by atoms with Crippen molar-refractivity contribution in [3.63, 3.8) is 0 Å². The highest BCUT2D eigenvalue weighted by molar-refractivity contribution is 7.09. The molecule has 0 saturated carbocycles. The van der Waals surface area contributed by atoms with Crippen molar-refractivity contribution in [2.24, 2.45) is 0 Å². The van der Waals surface area contributed by atoms with Gasteiger partial charge in [0.05, 0.1) is 12.1 Å².